The van der Waals surface area contributed by atoms with Crippen molar-refractivity contribution in [1.29, 1.82) is 0 Å². The Bertz CT molecular complexity index is 53.0. The van der Waals surface area contributed by atoms with E-state index < -0.39 is 6.16 Å². The molecule has 0 atom stereocenters. The first-order valence-corrected chi connectivity index (χ1v) is 1.09. The molecule has 0 rings (SSSR count). The van der Waals surface area contributed by atoms with E-state index in [0.29, 0.717) is 0 Å². The SMILES string of the molecule is O.O.O.O=C(O)OCl.[MgH2].[NaH]. The number of hydrogen-bond donors (Lipinski definition) is 1. The van der Waals surface area contributed by atoms with Gasteiger partial charge in [-0.1, -0.05) is 0 Å². The first-order valence-electron chi connectivity index (χ1n) is 0.786. The Balaban J connectivity index is -0.00000000800. The molecule has 0 aromatic heterocycles. The van der Waals surface area contributed by atoms with Crippen molar-refractivity contribution in [2.45, 2.75) is 0 Å². The van der Waals surface area contributed by atoms with E-state index in [1.165, 1.54) is 0 Å². The van der Waals surface area contributed by atoms with Gasteiger partial charge < -0.3 is 25.8 Å². The van der Waals surface area contributed by atoms with Gasteiger partial charge in [-0.15, -0.1) is 0 Å². The molecule has 9 heteroatoms. The van der Waals surface area contributed by atoms with Gasteiger partial charge in [0, 0.05) is 0 Å². The summed E-state index contributed by atoms with van der Waals surface area (Å²) >= 11 is 4.24. The molecule has 0 unspecified atom stereocenters. The molecule has 60 valence electrons. The van der Waals surface area contributed by atoms with Crippen molar-refractivity contribution < 1.29 is 30.6 Å². The van der Waals surface area contributed by atoms with E-state index in [2.05, 4.69) is 16.2 Å². The topological polar surface area (TPSA) is 141 Å². The maximum absolute atomic E-state index is 9.01. The second kappa shape index (κ2) is 31.9. The van der Waals surface area contributed by atoms with Crippen LogP contribution in [0.15, 0.2) is 0 Å². The normalized spacial score (nSPS) is 3.30. The first kappa shape index (κ1) is 43.1. The van der Waals surface area contributed by atoms with E-state index in [0.717, 1.165) is 0 Å². The fourth-order valence-electron chi connectivity index (χ4n) is 0. The standard InChI is InChI=1S/CHClO3.Mg.Na.3H2O.3H/c2-5-1(3)4;;;;;;;;/h(H,3,4);;;3*1H2;;;. The molecule has 6 nitrogen and oxygen atoms in total. The molecule has 0 aromatic carbocycles. The van der Waals surface area contributed by atoms with Crippen LogP contribution in [-0.4, -0.2) is 80.3 Å². The van der Waals surface area contributed by atoms with Crippen LogP contribution in [0.3, 0.4) is 0 Å². The Labute approximate surface area is 100 Å². The Kier molecular flexibility index (Phi) is 137. The van der Waals surface area contributed by atoms with Crippen LogP contribution in [0.5, 0.6) is 0 Å². The predicted octanol–water partition coefficient (Wildman–Crippen LogP) is -3.20. The molecule has 0 saturated heterocycles. The maximum atomic E-state index is 9.01. The second-order valence-electron chi connectivity index (χ2n) is 0.343. The summed E-state index contributed by atoms with van der Waals surface area (Å²) in [5.74, 6) is 0. The van der Waals surface area contributed by atoms with E-state index in [4.69, 9.17) is 9.90 Å². The Morgan fingerprint density at radius 2 is 1.40 bits per heavy atom. The monoisotopic (exact) mass is 200 g/mol. The van der Waals surface area contributed by atoms with Gasteiger partial charge in [-0.05, 0) is 0 Å². The molecule has 0 aliphatic carbocycles. The molecule has 7 N–H and O–H groups in total. The molecule has 10 heavy (non-hydrogen) atoms. The first-order chi connectivity index (χ1) is 2.27. The zero-order valence-corrected chi connectivity index (χ0v) is 4.40. The predicted molar refractivity (Wildman–Crippen MR) is 41.5 cm³/mol. The number of carboxylic acid groups (broad SMARTS) is 1. The van der Waals surface area contributed by atoms with E-state index in [9.17, 15) is 0 Å². The molecule has 0 amide bonds. The Hall–Kier alpha value is 1.21. The molecule has 0 aliphatic rings. The molecule has 0 aromatic rings. The quantitative estimate of drug-likeness (QED) is 0.412. The van der Waals surface area contributed by atoms with E-state index in [1.54, 1.807) is 0 Å². The minimum absolute atomic E-state index is 0. The summed E-state index contributed by atoms with van der Waals surface area (Å²) in [5.41, 5.74) is 0. The zero-order valence-electron chi connectivity index (χ0n) is 3.64. The molecule has 0 bridgehead atoms. The van der Waals surface area contributed by atoms with E-state index in [1.807, 2.05) is 0 Å². The molecule has 0 radical (unpaired) electrons. The number of hydrogen-bond acceptors (Lipinski definition) is 2. The number of rotatable bonds is 0. The molecule has 0 aliphatic heterocycles. The van der Waals surface area contributed by atoms with Gasteiger partial charge in [-0.2, -0.15) is 0 Å². The molecule has 0 heterocycles. The van der Waals surface area contributed by atoms with Crippen molar-refractivity contribution in [2.75, 3.05) is 0 Å². The summed E-state index contributed by atoms with van der Waals surface area (Å²) in [6, 6.07) is 0. The van der Waals surface area contributed by atoms with Gasteiger partial charge in [-0.25, -0.2) is 4.79 Å². The fourth-order valence-corrected chi connectivity index (χ4v) is 0. The van der Waals surface area contributed by atoms with Gasteiger partial charge in [0.25, 0.3) is 0 Å². The molecule has 0 saturated carbocycles. The number of carbonyl (C=O) groups is 1. The summed E-state index contributed by atoms with van der Waals surface area (Å²) in [4.78, 5) is 9.01. The fraction of sp³-hybridized carbons (Fsp3) is 0. The summed E-state index contributed by atoms with van der Waals surface area (Å²) in [7, 11) is 0. The molecular weight excluding hydrogens is 191 g/mol. The van der Waals surface area contributed by atoms with Gasteiger partial charge in [0.05, 0.1) is 0 Å². The summed E-state index contributed by atoms with van der Waals surface area (Å²) < 4.78 is 3.14. The van der Waals surface area contributed by atoms with Crippen LogP contribution >= 0.6 is 11.9 Å². The Morgan fingerprint density at radius 1 is 1.30 bits per heavy atom. The van der Waals surface area contributed by atoms with Crippen molar-refractivity contribution in [3.63, 3.8) is 0 Å². The van der Waals surface area contributed by atoms with Crippen LogP contribution < -0.4 is 0 Å². The van der Waals surface area contributed by atoms with Gasteiger partial charge in [0.2, 0.25) is 0 Å². The van der Waals surface area contributed by atoms with Gasteiger partial charge >= 0.3 is 58.8 Å². The zero-order chi connectivity index (χ0) is 4.28. The molecule has 0 spiro atoms. The minimum atomic E-state index is -1.48. The van der Waals surface area contributed by atoms with Crippen molar-refractivity contribution in [1.82, 2.24) is 0 Å². The summed E-state index contributed by atoms with van der Waals surface area (Å²) in [5, 5.41) is 7.37. The molecule has 0 fully saturated rings. The van der Waals surface area contributed by atoms with Crippen LogP contribution in [0.2, 0.25) is 0 Å². The van der Waals surface area contributed by atoms with Crippen molar-refractivity contribution in [3.05, 3.63) is 0 Å². The van der Waals surface area contributed by atoms with Crippen molar-refractivity contribution in [3.8, 4) is 0 Å². The summed E-state index contributed by atoms with van der Waals surface area (Å²) in [6.45, 7) is 0. The van der Waals surface area contributed by atoms with Crippen LogP contribution in [-0.2, 0) is 4.29 Å². The molecular formula is CH10ClMgNaO6. The average molecular weight is 201 g/mol. The average Bonchev–Trinajstić information content (AvgIpc) is 1.38. The van der Waals surface area contributed by atoms with Gasteiger partial charge in [-0.3, -0.25) is 0 Å². The third kappa shape index (κ3) is 60.3. The van der Waals surface area contributed by atoms with Crippen LogP contribution in [0.4, 0.5) is 4.79 Å². The third-order valence-corrected chi connectivity index (χ3v) is 0.198. The van der Waals surface area contributed by atoms with Crippen molar-refractivity contribution >= 4 is 70.6 Å². The third-order valence-electron chi connectivity index (χ3n) is 0.0660. The summed E-state index contributed by atoms with van der Waals surface area (Å²) in [6.07, 6.45) is -1.48. The van der Waals surface area contributed by atoms with Crippen LogP contribution in [0.25, 0.3) is 0 Å². The van der Waals surface area contributed by atoms with Crippen LogP contribution in [0.1, 0.15) is 0 Å². The van der Waals surface area contributed by atoms with Gasteiger partial charge in [0.15, 0.2) is 0 Å². The van der Waals surface area contributed by atoms with E-state index in [-0.39, 0.29) is 69.0 Å². The van der Waals surface area contributed by atoms with Crippen molar-refractivity contribution in [2.24, 2.45) is 0 Å². The second-order valence-corrected chi connectivity index (χ2v) is 0.497. The Morgan fingerprint density at radius 3 is 1.40 bits per heavy atom. The van der Waals surface area contributed by atoms with Gasteiger partial charge in [0.1, 0.15) is 11.9 Å². The van der Waals surface area contributed by atoms with Crippen LogP contribution in [0, 0.1) is 0 Å². The number of halogens is 1. The van der Waals surface area contributed by atoms with E-state index >= 15 is 0 Å².